The third-order valence-corrected chi connectivity index (χ3v) is 5.21. The first kappa shape index (κ1) is 25.2. The van der Waals surface area contributed by atoms with Gasteiger partial charge in [-0.25, -0.2) is 9.59 Å². The van der Waals surface area contributed by atoms with E-state index in [0.717, 1.165) is 44.9 Å². The van der Waals surface area contributed by atoms with E-state index >= 15 is 0 Å². The van der Waals surface area contributed by atoms with Gasteiger partial charge in [-0.1, -0.05) is 84.3 Å². The minimum Gasteiger partial charge on any atom is -0.462 e. The van der Waals surface area contributed by atoms with E-state index in [1.807, 2.05) is 6.92 Å². The van der Waals surface area contributed by atoms with Gasteiger partial charge < -0.3 is 9.47 Å². The first-order chi connectivity index (χ1) is 14.1. The van der Waals surface area contributed by atoms with E-state index in [2.05, 4.69) is 13.8 Å². The Morgan fingerprint density at radius 1 is 0.759 bits per heavy atom. The zero-order valence-corrected chi connectivity index (χ0v) is 18.7. The zero-order valence-electron chi connectivity index (χ0n) is 18.7. The van der Waals surface area contributed by atoms with Crippen molar-refractivity contribution in [3.8, 4) is 0 Å². The van der Waals surface area contributed by atoms with Gasteiger partial charge in [0, 0.05) is 0 Å². The standard InChI is InChI=1S/C25H40O4/c1-4-7-9-10-11-12-16-20-28-24(26)22-18-14-15-19-23(22)25(27)29-21(6-3)17-13-8-5-2/h14-15,18-19,21H,4-13,16-17,20H2,1-3H3. The van der Waals surface area contributed by atoms with Crippen molar-refractivity contribution in [2.24, 2.45) is 0 Å². The van der Waals surface area contributed by atoms with Gasteiger partial charge in [0.25, 0.3) is 0 Å². The normalized spacial score (nSPS) is 11.8. The van der Waals surface area contributed by atoms with E-state index in [1.165, 1.54) is 32.1 Å². The van der Waals surface area contributed by atoms with Gasteiger partial charge in [-0.05, 0) is 37.8 Å². The molecule has 1 rings (SSSR count). The van der Waals surface area contributed by atoms with Gasteiger partial charge in [0.15, 0.2) is 0 Å². The number of rotatable bonds is 16. The molecule has 0 radical (unpaired) electrons. The van der Waals surface area contributed by atoms with Crippen LogP contribution in [0.15, 0.2) is 24.3 Å². The monoisotopic (exact) mass is 404 g/mol. The van der Waals surface area contributed by atoms with Crippen molar-refractivity contribution in [1.29, 1.82) is 0 Å². The first-order valence-corrected chi connectivity index (χ1v) is 11.6. The predicted octanol–water partition coefficient (Wildman–Crippen LogP) is 7.11. The molecule has 0 N–H and O–H groups in total. The number of esters is 2. The van der Waals surface area contributed by atoms with E-state index in [-0.39, 0.29) is 6.10 Å². The lowest BCUT2D eigenvalue weighted by molar-refractivity contribution is 0.0258. The maximum absolute atomic E-state index is 12.6. The molecule has 1 aromatic carbocycles. The van der Waals surface area contributed by atoms with Crippen LogP contribution in [0.2, 0.25) is 0 Å². The number of hydrogen-bond donors (Lipinski definition) is 0. The summed E-state index contributed by atoms with van der Waals surface area (Å²) in [6.07, 6.45) is 13.0. The highest BCUT2D eigenvalue weighted by Crippen LogP contribution is 2.17. The average Bonchev–Trinajstić information content (AvgIpc) is 2.74. The Bertz CT molecular complexity index is 582. The second-order valence-electron chi connectivity index (χ2n) is 7.73. The fourth-order valence-corrected chi connectivity index (χ4v) is 3.32. The molecule has 0 saturated carbocycles. The highest BCUT2D eigenvalue weighted by Gasteiger charge is 2.21. The van der Waals surface area contributed by atoms with Crippen LogP contribution in [0.25, 0.3) is 0 Å². The van der Waals surface area contributed by atoms with Gasteiger partial charge in [0.2, 0.25) is 0 Å². The third kappa shape index (κ3) is 10.5. The van der Waals surface area contributed by atoms with Gasteiger partial charge in [-0.2, -0.15) is 0 Å². The fraction of sp³-hybridized carbons (Fsp3) is 0.680. The molecule has 164 valence electrons. The molecule has 0 bridgehead atoms. The lowest BCUT2D eigenvalue weighted by atomic mass is 10.1. The third-order valence-electron chi connectivity index (χ3n) is 5.21. The van der Waals surface area contributed by atoms with Crippen molar-refractivity contribution in [3.63, 3.8) is 0 Å². The van der Waals surface area contributed by atoms with Crippen LogP contribution in [-0.2, 0) is 9.47 Å². The summed E-state index contributed by atoms with van der Waals surface area (Å²) in [5, 5.41) is 0. The van der Waals surface area contributed by atoms with Crippen LogP contribution >= 0.6 is 0 Å². The summed E-state index contributed by atoms with van der Waals surface area (Å²) < 4.78 is 11.1. The lowest BCUT2D eigenvalue weighted by Crippen LogP contribution is -2.20. The molecule has 0 amide bonds. The number of carbonyl (C=O) groups excluding carboxylic acids is 2. The van der Waals surface area contributed by atoms with Crippen molar-refractivity contribution in [2.75, 3.05) is 6.61 Å². The van der Waals surface area contributed by atoms with Crippen LogP contribution < -0.4 is 0 Å². The van der Waals surface area contributed by atoms with Crippen LogP contribution in [0.4, 0.5) is 0 Å². The minimum atomic E-state index is -0.442. The Morgan fingerprint density at radius 2 is 1.31 bits per heavy atom. The van der Waals surface area contributed by atoms with Crippen LogP contribution in [-0.4, -0.2) is 24.6 Å². The molecular formula is C25H40O4. The van der Waals surface area contributed by atoms with E-state index in [0.29, 0.717) is 17.7 Å². The van der Waals surface area contributed by atoms with Crippen LogP contribution in [0.1, 0.15) is 119 Å². The van der Waals surface area contributed by atoms with E-state index in [1.54, 1.807) is 24.3 Å². The molecule has 1 aromatic rings. The minimum absolute atomic E-state index is 0.106. The second-order valence-corrected chi connectivity index (χ2v) is 7.73. The zero-order chi connectivity index (χ0) is 21.3. The average molecular weight is 405 g/mol. The van der Waals surface area contributed by atoms with Crippen LogP contribution in [0, 0.1) is 0 Å². The highest BCUT2D eigenvalue weighted by atomic mass is 16.5. The molecule has 0 aliphatic carbocycles. The van der Waals surface area contributed by atoms with Crippen molar-refractivity contribution < 1.29 is 19.1 Å². The largest absolute Gasteiger partial charge is 0.462 e. The van der Waals surface area contributed by atoms with E-state index < -0.39 is 11.9 Å². The van der Waals surface area contributed by atoms with Crippen molar-refractivity contribution in [2.45, 2.75) is 104 Å². The Morgan fingerprint density at radius 3 is 1.93 bits per heavy atom. The Kier molecular flexibility index (Phi) is 13.9. The smallest absolute Gasteiger partial charge is 0.339 e. The van der Waals surface area contributed by atoms with Gasteiger partial charge in [-0.3, -0.25) is 0 Å². The molecule has 0 fully saturated rings. The quantitative estimate of drug-likeness (QED) is 0.218. The molecule has 1 unspecified atom stereocenters. The number of benzene rings is 1. The van der Waals surface area contributed by atoms with Gasteiger partial charge in [0.1, 0.15) is 6.10 Å². The van der Waals surface area contributed by atoms with Crippen LogP contribution in [0.3, 0.4) is 0 Å². The molecule has 4 heteroatoms. The molecule has 4 nitrogen and oxygen atoms in total. The summed E-state index contributed by atoms with van der Waals surface area (Å²) >= 11 is 0. The van der Waals surface area contributed by atoms with Crippen LogP contribution in [0.5, 0.6) is 0 Å². The molecular weight excluding hydrogens is 364 g/mol. The Labute approximate surface area is 177 Å². The summed E-state index contributed by atoms with van der Waals surface area (Å²) in [5.41, 5.74) is 0.592. The summed E-state index contributed by atoms with van der Waals surface area (Å²) in [7, 11) is 0. The molecule has 29 heavy (non-hydrogen) atoms. The second kappa shape index (κ2) is 16.0. The van der Waals surface area contributed by atoms with E-state index in [4.69, 9.17) is 9.47 Å². The van der Waals surface area contributed by atoms with Crippen molar-refractivity contribution in [3.05, 3.63) is 35.4 Å². The summed E-state index contributed by atoms with van der Waals surface area (Å²) in [4.78, 5) is 25.1. The fourth-order valence-electron chi connectivity index (χ4n) is 3.32. The number of ether oxygens (including phenoxy) is 2. The van der Waals surface area contributed by atoms with Crippen molar-refractivity contribution in [1.82, 2.24) is 0 Å². The van der Waals surface area contributed by atoms with Gasteiger partial charge in [-0.15, -0.1) is 0 Å². The molecule has 1 atom stereocenters. The predicted molar refractivity (Wildman–Crippen MR) is 118 cm³/mol. The van der Waals surface area contributed by atoms with E-state index in [9.17, 15) is 9.59 Å². The molecule has 0 aliphatic heterocycles. The van der Waals surface area contributed by atoms with Gasteiger partial charge >= 0.3 is 11.9 Å². The SMILES string of the molecule is CCCCCCCCCOC(=O)c1ccccc1C(=O)OC(CC)CCCCC. The topological polar surface area (TPSA) is 52.6 Å². The Hall–Kier alpha value is -1.84. The first-order valence-electron chi connectivity index (χ1n) is 11.6. The number of hydrogen-bond acceptors (Lipinski definition) is 4. The highest BCUT2D eigenvalue weighted by molar-refractivity contribution is 6.03. The summed E-state index contributed by atoms with van der Waals surface area (Å²) in [6.45, 7) is 6.78. The maximum atomic E-state index is 12.6. The Balaban J connectivity index is 2.50. The van der Waals surface area contributed by atoms with Gasteiger partial charge in [0.05, 0.1) is 17.7 Å². The summed E-state index contributed by atoms with van der Waals surface area (Å²) in [6, 6.07) is 6.79. The molecule has 0 heterocycles. The number of unbranched alkanes of at least 4 members (excludes halogenated alkanes) is 8. The maximum Gasteiger partial charge on any atom is 0.339 e. The molecule has 0 spiro atoms. The molecule has 0 saturated heterocycles. The molecule has 0 aliphatic rings. The lowest BCUT2D eigenvalue weighted by Gasteiger charge is -2.17. The number of carbonyl (C=O) groups is 2. The summed E-state index contributed by atoms with van der Waals surface area (Å²) in [5.74, 6) is -0.876. The molecule has 0 aromatic heterocycles. The van der Waals surface area contributed by atoms with Crippen molar-refractivity contribution >= 4 is 11.9 Å².